The van der Waals surface area contributed by atoms with Crippen LogP contribution < -0.4 is 0 Å². The summed E-state index contributed by atoms with van der Waals surface area (Å²) >= 11 is 0. The Kier molecular flexibility index (Phi) is 7.73. The fourth-order valence-corrected chi connectivity index (χ4v) is 9.13. The molecule has 10 aromatic rings. The van der Waals surface area contributed by atoms with E-state index >= 15 is 0 Å². The van der Waals surface area contributed by atoms with E-state index in [1.54, 1.807) is 0 Å². The fraction of sp³-hybridized carbons (Fsp3) is 0.0943. The van der Waals surface area contributed by atoms with Crippen molar-refractivity contribution >= 4 is 32.6 Å². The van der Waals surface area contributed by atoms with Gasteiger partial charge in [-0.2, -0.15) is 0 Å². The van der Waals surface area contributed by atoms with Crippen molar-refractivity contribution in [3.05, 3.63) is 187 Å². The van der Waals surface area contributed by atoms with Crippen LogP contribution in [0, 0.1) is 0 Å². The van der Waals surface area contributed by atoms with Gasteiger partial charge < -0.3 is 0 Å². The minimum atomic E-state index is -0.0947. The van der Waals surface area contributed by atoms with Crippen molar-refractivity contribution in [3.63, 3.8) is 0 Å². The predicted octanol–water partition coefficient (Wildman–Crippen LogP) is 13.1. The molecule has 0 unspecified atom stereocenters. The van der Waals surface area contributed by atoms with Crippen LogP contribution in [-0.2, 0) is 11.8 Å². The molecule has 0 radical (unpaired) electrons. The van der Waals surface area contributed by atoms with Crippen molar-refractivity contribution in [1.82, 2.24) is 24.5 Å². The quantitative estimate of drug-likeness (QED) is 0.159. The third-order valence-electron chi connectivity index (χ3n) is 12.0. The number of hydrogen-bond donors (Lipinski definition) is 0. The summed E-state index contributed by atoms with van der Waals surface area (Å²) in [6.07, 6.45) is 0.777. The van der Waals surface area contributed by atoms with Gasteiger partial charge in [0.25, 0.3) is 0 Å². The number of aromatic nitrogens is 5. The molecule has 0 N–H and O–H groups in total. The minimum Gasteiger partial charge on any atom is -0.296 e. The van der Waals surface area contributed by atoms with Gasteiger partial charge in [-0.15, -0.1) is 0 Å². The van der Waals surface area contributed by atoms with E-state index in [1.165, 1.54) is 43.8 Å². The zero-order chi connectivity index (χ0) is 39.0. The molecule has 0 bridgehead atoms. The Morgan fingerprint density at radius 1 is 0.448 bits per heavy atom. The summed E-state index contributed by atoms with van der Waals surface area (Å²) in [7, 11) is 0. The second-order valence-corrected chi connectivity index (χ2v) is 15.8. The molecule has 0 spiro atoms. The molecule has 5 nitrogen and oxygen atoms in total. The Morgan fingerprint density at radius 2 is 1.09 bits per heavy atom. The Morgan fingerprint density at radius 3 is 1.91 bits per heavy atom. The monoisotopic (exact) mass is 745 g/mol. The first-order chi connectivity index (χ1) is 28.4. The summed E-state index contributed by atoms with van der Waals surface area (Å²) in [6.45, 7) is 6.78. The van der Waals surface area contributed by atoms with E-state index in [0.29, 0.717) is 17.5 Å². The molecule has 58 heavy (non-hydrogen) atoms. The van der Waals surface area contributed by atoms with E-state index < -0.39 is 0 Å². The first-order valence-electron chi connectivity index (χ1n) is 20.0. The van der Waals surface area contributed by atoms with Gasteiger partial charge in [0.1, 0.15) is 5.82 Å². The third kappa shape index (κ3) is 5.38. The van der Waals surface area contributed by atoms with E-state index in [2.05, 4.69) is 177 Å². The second kappa shape index (κ2) is 13.2. The highest BCUT2D eigenvalue weighted by molar-refractivity contribution is 6.14. The highest BCUT2D eigenvalue weighted by Crippen LogP contribution is 2.49. The van der Waals surface area contributed by atoms with Crippen molar-refractivity contribution in [2.75, 3.05) is 0 Å². The Labute approximate surface area is 337 Å². The van der Waals surface area contributed by atoms with Gasteiger partial charge in [-0.05, 0) is 97.4 Å². The summed E-state index contributed by atoms with van der Waals surface area (Å²) in [4.78, 5) is 20.9. The molecule has 0 fully saturated rings. The van der Waals surface area contributed by atoms with Crippen molar-refractivity contribution in [2.24, 2.45) is 0 Å². The molecule has 0 saturated carbocycles. The molecule has 0 amide bonds. The van der Waals surface area contributed by atoms with Crippen LogP contribution in [0.25, 0.3) is 94.7 Å². The number of nitrogens with zero attached hydrogens (tertiary/aromatic N) is 5. The summed E-state index contributed by atoms with van der Waals surface area (Å²) in [5, 5.41) is 4.85. The first-order valence-corrected chi connectivity index (χ1v) is 20.0. The summed E-state index contributed by atoms with van der Waals surface area (Å²) < 4.78 is 2.30. The molecular formula is C53H39N5. The zero-order valence-electron chi connectivity index (χ0n) is 32.6. The third-order valence-corrected chi connectivity index (χ3v) is 12.0. The molecule has 2 aromatic heterocycles. The molecule has 0 aliphatic heterocycles. The van der Waals surface area contributed by atoms with E-state index in [0.717, 1.165) is 56.8 Å². The highest BCUT2D eigenvalue weighted by atomic mass is 15.1. The molecule has 2 heterocycles. The van der Waals surface area contributed by atoms with Crippen molar-refractivity contribution in [2.45, 2.75) is 32.6 Å². The van der Waals surface area contributed by atoms with Crippen LogP contribution in [0.2, 0.25) is 0 Å². The standard InChI is InChI=1S/C53H39N5/c1-4-49-54-47-24-14-15-25-48(47)58(49)38-29-36(43-31-34-18-8-9-19-39(34)40-20-10-11-21-41(40)43)28-37(30-38)52-56-50(33-16-6-5-7-17-33)55-51(57-52)35-26-27-46-44(32-35)42-22-12-13-23-45(42)53(46,2)3/h5-32H,4H2,1-3H3. The van der Waals surface area contributed by atoms with Gasteiger partial charge in [0, 0.05) is 34.2 Å². The Balaban J connectivity index is 1.18. The number of benzene rings is 8. The van der Waals surface area contributed by atoms with E-state index in [1.807, 2.05) is 18.2 Å². The average molecular weight is 746 g/mol. The topological polar surface area (TPSA) is 56.5 Å². The maximum absolute atomic E-state index is 5.34. The summed E-state index contributed by atoms with van der Waals surface area (Å²) in [5.41, 5.74) is 13.1. The van der Waals surface area contributed by atoms with Crippen LogP contribution in [0.3, 0.4) is 0 Å². The van der Waals surface area contributed by atoms with Crippen LogP contribution in [-0.4, -0.2) is 24.5 Å². The van der Waals surface area contributed by atoms with Crippen LogP contribution in [0.1, 0.15) is 37.7 Å². The minimum absolute atomic E-state index is 0.0947. The number of imidazole rings is 1. The Hall–Kier alpha value is -7.24. The maximum atomic E-state index is 5.34. The largest absolute Gasteiger partial charge is 0.296 e. The Bertz CT molecular complexity index is 3250. The van der Waals surface area contributed by atoms with Gasteiger partial charge in [0.05, 0.1) is 11.0 Å². The van der Waals surface area contributed by atoms with Gasteiger partial charge >= 0.3 is 0 Å². The zero-order valence-corrected chi connectivity index (χ0v) is 32.6. The summed E-state index contributed by atoms with van der Waals surface area (Å²) in [5.74, 6) is 2.88. The fourth-order valence-electron chi connectivity index (χ4n) is 9.13. The lowest BCUT2D eigenvalue weighted by Gasteiger charge is -2.21. The van der Waals surface area contributed by atoms with E-state index in [4.69, 9.17) is 19.9 Å². The number of para-hydroxylation sites is 2. The lowest BCUT2D eigenvalue weighted by molar-refractivity contribution is 0.660. The van der Waals surface area contributed by atoms with Gasteiger partial charge in [-0.3, -0.25) is 4.57 Å². The predicted molar refractivity (Wildman–Crippen MR) is 238 cm³/mol. The van der Waals surface area contributed by atoms with Crippen LogP contribution >= 0.6 is 0 Å². The lowest BCUT2D eigenvalue weighted by atomic mass is 9.82. The SMILES string of the molecule is CCc1nc2ccccc2n1-c1cc(-c2nc(-c3ccccc3)nc(-c3ccc4c(c3)-c3ccccc3C4(C)C)n2)cc(-c2cc3ccccc3c3ccccc23)c1. The number of hydrogen-bond acceptors (Lipinski definition) is 4. The molecule has 8 aromatic carbocycles. The van der Waals surface area contributed by atoms with Crippen molar-refractivity contribution in [1.29, 1.82) is 0 Å². The molecule has 5 heteroatoms. The van der Waals surface area contributed by atoms with Crippen molar-refractivity contribution < 1.29 is 0 Å². The molecule has 0 saturated heterocycles. The second-order valence-electron chi connectivity index (χ2n) is 15.8. The number of fused-ring (bicyclic) bond motifs is 7. The number of rotatable bonds is 6. The molecule has 276 valence electrons. The van der Waals surface area contributed by atoms with Crippen LogP contribution in [0.15, 0.2) is 170 Å². The molecular weight excluding hydrogens is 707 g/mol. The average Bonchev–Trinajstić information content (AvgIpc) is 3.78. The van der Waals surface area contributed by atoms with Gasteiger partial charge in [0.15, 0.2) is 17.5 Å². The van der Waals surface area contributed by atoms with Crippen LogP contribution in [0.4, 0.5) is 0 Å². The highest BCUT2D eigenvalue weighted by Gasteiger charge is 2.35. The normalized spacial score (nSPS) is 12.9. The van der Waals surface area contributed by atoms with Crippen molar-refractivity contribution in [3.8, 4) is 62.1 Å². The molecule has 0 atom stereocenters. The molecule has 1 aliphatic carbocycles. The van der Waals surface area contributed by atoms with Gasteiger partial charge in [-0.25, -0.2) is 19.9 Å². The summed E-state index contributed by atoms with van der Waals surface area (Å²) in [6, 6.07) is 60.5. The van der Waals surface area contributed by atoms with E-state index in [9.17, 15) is 0 Å². The number of aryl methyl sites for hydroxylation is 1. The first kappa shape index (κ1) is 34.0. The lowest BCUT2D eigenvalue weighted by Crippen LogP contribution is -2.14. The molecule has 11 rings (SSSR count). The van der Waals surface area contributed by atoms with Gasteiger partial charge in [-0.1, -0.05) is 148 Å². The van der Waals surface area contributed by atoms with Gasteiger partial charge in [0.2, 0.25) is 0 Å². The maximum Gasteiger partial charge on any atom is 0.164 e. The molecule has 1 aliphatic rings. The smallest absolute Gasteiger partial charge is 0.164 e. The van der Waals surface area contributed by atoms with Crippen LogP contribution in [0.5, 0.6) is 0 Å². The van der Waals surface area contributed by atoms with E-state index in [-0.39, 0.29) is 5.41 Å².